The molecule has 3 amide bonds. The third kappa shape index (κ3) is 14.4. The van der Waals surface area contributed by atoms with Crippen LogP contribution < -0.4 is 27.4 Å². The lowest BCUT2D eigenvalue weighted by Gasteiger charge is -2.26. The zero-order chi connectivity index (χ0) is 37.4. The summed E-state index contributed by atoms with van der Waals surface area (Å²) in [6.45, 7) is 4.50. The van der Waals surface area contributed by atoms with Crippen molar-refractivity contribution < 1.29 is 22.8 Å². The molecular formula is C37H48N8O5S. The molecule has 272 valence electrons. The Bertz CT molecular complexity index is 1780. The first kappa shape index (κ1) is 40.4. The van der Waals surface area contributed by atoms with Gasteiger partial charge in [-0.3, -0.25) is 14.4 Å². The topological polar surface area (TPSA) is 222 Å². The molecule has 0 unspecified atom stereocenters. The molecule has 0 aliphatic carbocycles. The van der Waals surface area contributed by atoms with Gasteiger partial charge in [0.2, 0.25) is 17.7 Å². The number of sulfone groups is 1. The lowest BCUT2D eigenvalue weighted by atomic mass is 9.99. The molecule has 0 aliphatic rings. The largest absolute Gasteiger partial charge is 0.348 e. The number of nitrogens with one attached hydrogen (secondary N) is 3. The maximum atomic E-state index is 14.0. The molecule has 4 atom stereocenters. The molecule has 0 heterocycles. The van der Waals surface area contributed by atoms with E-state index in [1.165, 1.54) is 6.08 Å². The van der Waals surface area contributed by atoms with Crippen LogP contribution in [0.4, 0.5) is 0 Å². The lowest BCUT2D eigenvalue weighted by molar-refractivity contribution is -0.132. The first-order valence-corrected chi connectivity index (χ1v) is 18.7. The number of carbonyl (C=O) groups is 3. The van der Waals surface area contributed by atoms with Gasteiger partial charge in [0.15, 0.2) is 9.84 Å². The SMILES string of the molecule is CC(C)C[C@H](NC(=O)[C@@H](Cc1ccc(CN)cc1)NC(=O)[C@H](Cc1ccccc1)N=[N+]=[N-])C(=O)N[C@H](C=CS(C)(=O)=O)Cc1ccc(CN)cc1. The van der Waals surface area contributed by atoms with Crippen molar-refractivity contribution in [3.63, 3.8) is 0 Å². The fraction of sp³-hybridized carbons (Fsp3) is 0.378. The number of hydrogen-bond acceptors (Lipinski definition) is 8. The predicted octanol–water partition coefficient (Wildman–Crippen LogP) is 3.37. The van der Waals surface area contributed by atoms with Gasteiger partial charge in [-0.25, -0.2) is 8.42 Å². The molecule has 3 rings (SSSR count). The molecule has 0 radical (unpaired) electrons. The molecule has 51 heavy (non-hydrogen) atoms. The van der Waals surface area contributed by atoms with E-state index in [1.54, 1.807) is 36.4 Å². The van der Waals surface area contributed by atoms with Gasteiger partial charge in [0.05, 0.1) is 6.04 Å². The van der Waals surface area contributed by atoms with Crippen LogP contribution in [0.2, 0.25) is 0 Å². The maximum Gasteiger partial charge on any atom is 0.243 e. The molecule has 13 nitrogen and oxygen atoms in total. The van der Waals surface area contributed by atoms with Crippen molar-refractivity contribution in [1.82, 2.24) is 16.0 Å². The fourth-order valence-electron chi connectivity index (χ4n) is 5.34. The van der Waals surface area contributed by atoms with E-state index in [0.29, 0.717) is 13.1 Å². The summed E-state index contributed by atoms with van der Waals surface area (Å²) in [6.07, 6.45) is 3.20. The molecular weight excluding hydrogens is 669 g/mol. The lowest BCUT2D eigenvalue weighted by Crippen LogP contribution is -2.56. The van der Waals surface area contributed by atoms with E-state index < -0.39 is 51.7 Å². The number of amides is 3. The summed E-state index contributed by atoms with van der Waals surface area (Å²) in [4.78, 5) is 44.2. The number of azide groups is 1. The van der Waals surface area contributed by atoms with Gasteiger partial charge in [-0.05, 0) is 58.5 Å². The number of hydrogen-bond donors (Lipinski definition) is 5. The van der Waals surface area contributed by atoms with Gasteiger partial charge in [0.1, 0.15) is 18.1 Å². The van der Waals surface area contributed by atoms with Crippen LogP contribution >= 0.6 is 0 Å². The zero-order valence-electron chi connectivity index (χ0n) is 29.2. The van der Waals surface area contributed by atoms with Gasteiger partial charge in [0, 0.05) is 36.1 Å². The van der Waals surface area contributed by atoms with Crippen molar-refractivity contribution in [3.8, 4) is 0 Å². The second-order valence-electron chi connectivity index (χ2n) is 12.9. The van der Waals surface area contributed by atoms with Crippen LogP contribution in [0.15, 0.2) is 95.5 Å². The third-order valence-electron chi connectivity index (χ3n) is 8.04. The Hall–Kier alpha value is -5.01. The van der Waals surface area contributed by atoms with Crippen LogP contribution in [-0.2, 0) is 56.6 Å². The molecule has 0 saturated heterocycles. The molecule has 0 fully saturated rings. The highest BCUT2D eigenvalue weighted by molar-refractivity contribution is 7.93. The van der Waals surface area contributed by atoms with Gasteiger partial charge in [-0.1, -0.05) is 104 Å². The minimum absolute atomic E-state index is 0.0214. The van der Waals surface area contributed by atoms with Crippen LogP contribution in [0.1, 0.15) is 48.1 Å². The average molecular weight is 717 g/mol. The summed E-state index contributed by atoms with van der Waals surface area (Å²) in [7, 11) is -3.50. The Morgan fingerprint density at radius 1 is 0.725 bits per heavy atom. The van der Waals surface area contributed by atoms with Crippen molar-refractivity contribution >= 4 is 27.6 Å². The monoisotopic (exact) mass is 716 g/mol. The third-order valence-corrected chi connectivity index (χ3v) is 8.69. The van der Waals surface area contributed by atoms with E-state index in [2.05, 4.69) is 26.0 Å². The van der Waals surface area contributed by atoms with Gasteiger partial charge in [0.25, 0.3) is 0 Å². The molecule has 0 saturated carbocycles. The first-order chi connectivity index (χ1) is 24.3. The highest BCUT2D eigenvalue weighted by atomic mass is 32.2. The summed E-state index contributed by atoms with van der Waals surface area (Å²) >= 11 is 0. The molecule has 3 aromatic rings. The minimum atomic E-state index is -3.50. The van der Waals surface area contributed by atoms with Crippen LogP contribution in [0.3, 0.4) is 0 Å². The predicted molar refractivity (Wildman–Crippen MR) is 198 cm³/mol. The van der Waals surface area contributed by atoms with Crippen molar-refractivity contribution in [2.45, 2.75) is 76.8 Å². The average Bonchev–Trinajstić information content (AvgIpc) is 3.10. The number of nitrogens with two attached hydrogens (primary N) is 2. The Morgan fingerprint density at radius 3 is 1.73 bits per heavy atom. The number of benzene rings is 3. The molecule has 0 aliphatic heterocycles. The quantitative estimate of drug-likeness (QED) is 0.0706. The molecule has 3 aromatic carbocycles. The molecule has 14 heteroatoms. The Labute approximate surface area is 299 Å². The smallest absolute Gasteiger partial charge is 0.243 e. The Kier molecular flexibility index (Phi) is 15.8. The second kappa shape index (κ2) is 20.0. The van der Waals surface area contributed by atoms with E-state index in [-0.39, 0.29) is 31.6 Å². The van der Waals surface area contributed by atoms with Crippen LogP contribution in [0.25, 0.3) is 10.4 Å². The van der Waals surface area contributed by atoms with Gasteiger partial charge in [-0.15, -0.1) is 0 Å². The molecule has 0 bridgehead atoms. The van der Waals surface area contributed by atoms with E-state index >= 15 is 0 Å². The van der Waals surface area contributed by atoms with Crippen LogP contribution in [-0.4, -0.2) is 56.6 Å². The summed E-state index contributed by atoms with van der Waals surface area (Å²) in [6, 6.07) is 19.7. The summed E-state index contributed by atoms with van der Waals surface area (Å²) in [5.41, 5.74) is 24.9. The maximum absolute atomic E-state index is 14.0. The van der Waals surface area contributed by atoms with Crippen molar-refractivity contribution in [3.05, 3.63) is 129 Å². The van der Waals surface area contributed by atoms with Gasteiger partial charge < -0.3 is 27.4 Å². The van der Waals surface area contributed by atoms with Gasteiger partial charge >= 0.3 is 0 Å². The Balaban J connectivity index is 1.88. The van der Waals surface area contributed by atoms with Gasteiger partial charge in [-0.2, -0.15) is 0 Å². The number of carbonyl (C=O) groups excluding carboxylic acids is 3. The standard InChI is InChI=1S/C37H48N8O5S/c1-25(2)19-32(35(46)41-31(17-18-51(3,49)50)20-27-9-13-29(23-38)14-10-27)42-36(47)33(21-28-11-15-30(24-39)16-12-28)43-37(48)34(44-45-40)22-26-7-5-4-6-8-26/h4-18,25,31-34H,19-24,38-39H2,1-3H3,(H,41,46)(H,42,47)(H,43,48)/t31-,32+,33-,34+/m1/s1. The first-order valence-electron chi connectivity index (χ1n) is 16.7. The number of rotatable bonds is 19. The summed E-state index contributed by atoms with van der Waals surface area (Å²) in [5.74, 6) is -1.81. The van der Waals surface area contributed by atoms with E-state index in [1.807, 2.05) is 56.3 Å². The van der Waals surface area contributed by atoms with Crippen LogP contribution in [0.5, 0.6) is 0 Å². The van der Waals surface area contributed by atoms with E-state index in [0.717, 1.165) is 39.5 Å². The van der Waals surface area contributed by atoms with Crippen molar-refractivity contribution in [2.75, 3.05) is 6.26 Å². The molecule has 0 spiro atoms. The van der Waals surface area contributed by atoms with Crippen molar-refractivity contribution in [2.24, 2.45) is 22.5 Å². The van der Waals surface area contributed by atoms with E-state index in [4.69, 9.17) is 11.5 Å². The highest BCUT2D eigenvalue weighted by Gasteiger charge is 2.30. The Morgan fingerprint density at radius 2 is 1.22 bits per heavy atom. The second-order valence-corrected chi connectivity index (χ2v) is 14.8. The molecule has 0 aromatic heterocycles. The van der Waals surface area contributed by atoms with Crippen molar-refractivity contribution in [1.29, 1.82) is 0 Å². The van der Waals surface area contributed by atoms with Crippen LogP contribution in [0, 0.1) is 5.92 Å². The zero-order valence-corrected chi connectivity index (χ0v) is 30.1. The highest BCUT2D eigenvalue weighted by Crippen LogP contribution is 2.13. The van der Waals surface area contributed by atoms with E-state index in [9.17, 15) is 28.3 Å². The molecule has 7 N–H and O–H groups in total. The fourth-order valence-corrected chi connectivity index (χ4v) is 5.81. The minimum Gasteiger partial charge on any atom is -0.348 e. The summed E-state index contributed by atoms with van der Waals surface area (Å²) < 4.78 is 24.0. The normalized spacial score (nSPS) is 13.8. The number of nitrogens with zero attached hydrogens (tertiary/aromatic N) is 3. The summed E-state index contributed by atoms with van der Waals surface area (Å²) in [5, 5.41) is 13.2.